The van der Waals surface area contributed by atoms with Crippen LogP contribution in [0.25, 0.3) is 33.6 Å². The largest absolute Gasteiger partial charge is 0.354 e. The fourth-order valence-corrected chi connectivity index (χ4v) is 7.92. The first kappa shape index (κ1) is 21.0. The summed E-state index contributed by atoms with van der Waals surface area (Å²) in [7, 11) is 0.415. The van der Waals surface area contributed by atoms with Gasteiger partial charge in [-0.3, -0.25) is 4.98 Å². The number of H-pyrrole nitrogens is 1. The van der Waals surface area contributed by atoms with Gasteiger partial charge in [0.15, 0.2) is 0 Å². The lowest BCUT2D eigenvalue weighted by Crippen LogP contribution is -2.28. The molecule has 1 aliphatic heterocycles. The van der Waals surface area contributed by atoms with Crippen molar-refractivity contribution < 1.29 is 8.60 Å². The Balaban J connectivity index is 1.65. The number of fused-ring (bicyclic) bond motifs is 1. The SMILES string of the molecule is CC1(C)Cc2cc(-c3cc(-c4ccncc4)c(-c4ccc(F)cc4)[nH]3)ccc2S(=S=O)C1. The van der Waals surface area contributed by atoms with Crippen LogP contribution in [0.3, 0.4) is 0 Å². The van der Waals surface area contributed by atoms with Crippen LogP contribution in [0.4, 0.5) is 4.39 Å². The highest BCUT2D eigenvalue weighted by molar-refractivity contribution is 8.31. The van der Waals surface area contributed by atoms with Crippen LogP contribution >= 0.6 is 0 Å². The number of rotatable bonds is 3. The molecule has 3 nitrogen and oxygen atoms in total. The predicted molar refractivity (Wildman–Crippen MR) is 131 cm³/mol. The van der Waals surface area contributed by atoms with Crippen LogP contribution in [0.15, 0.2) is 78.0 Å². The van der Waals surface area contributed by atoms with Gasteiger partial charge in [-0.1, -0.05) is 29.4 Å². The van der Waals surface area contributed by atoms with E-state index in [0.717, 1.165) is 56.0 Å². The zero-order chi connectivity index (χ0) is 22.3. The Hall–Kier alpha value is -2.83. The van der Waals surface area contributed by atoms with Crippen molar-refractivity contribution in [2.24, 2.45) is 5.41 Å². The molecule has 0 fully saturated rings. The molecule has 1 aliphatic rings. The van der Waals surface area contributed by atoms with Gasteiger partial charge in [0.1, 0.15) is 16.0 Å². The van der Waals surface area contributed by atoms with Gasteiger partial charge in [0, 0.05) is 34.3 Å². The van der Waals surface area contributed by atoms with Gasteiger partial charge in [0.2, 0.25) is 0 Å². The Morgan fingerprint density at radius 3 is 2.41 bits per heavy atom. The van der Waals surface area contributed by atoms with Gasteiger partial charge >= 0.3 is 0 Å². The molecule has 0 radical (unpaired) electrons. The lowest BCUT2D eigenvalue weighted by molar-refractivity contribution is 0.411. The summed E-state index contributed by atoms with van der Waals surface area (Å²) in [5, 5.41) is 0. The number of pyridine rings is 1. The van der Waals surface area contributed by atoms with Crippen molar-refractivity contribution in [1.82, 2.24) is 9.97 Å². The van der Waals surface area contributed by atoms with E-state index in [0.29, 0.717) is 0 Å². The lowest BCUT2D eigenvalue weighted by atomic mass is 9.86. The topological polar surface area (TPSA) is 45.8 Å². The third-order valence-corrected chi connectivity index (χ3v) is 9.31. The molecule has 162 valence electrons. The lowest BCUT2D eigenvalue weighted by Gasteiger charge is -2.32. The number of aromatic amines is 1. The van der Waals surface area contributed by atoms with Crippen LogP contribution in [-0.4, -0.2) is 19.9 Å². The Labute approximate surface area is 192 Å². The maximum atomic E-state index is 13.5. The molecular weight excluding hydrogens is 439 g/mol. The van der Waals surface area contributed by atoms with E-state index in [2.05, 4.69) is 48.1 Å². The smallest absolute Gasteiger partial charge is 0.125 e. The van der Waals surface area contributed by atoms with Crippen molar-refractivity contribution in [1.29, 1.82) is 0 Å². The van der Waals surface area contributed by atoms with Crippen LogP contribution < -0.4 is 0 Å². The van der Waals surface area contributed by atoms with E-state index in [1.807, 2.05) is 12.1 Å². The molecule has 1 atom stereocenters. The molecule has 0 saturated heterocycles. The molecule has 6 heteroatoms. The Bertz CT molecular complexity index is 1350. The second kappa shape index (κ2) is 8.26. The number of hydrogen-bond donors (Lipinski definition) is 1. The van der Waals surface area contributed by atoms with Crippen LogP contribution in [0.1, 0.15) is 19.4 Å². The summed E-state index contributed by atoms with van der Waals surface area (Å²) >= 11 is 0. The van der Waals surface area contributed by atoms with E-state index in [4.69, 9.17) is 0 Å². The molecule has 0 spiro atoms. The second-order valence-corrected chi connectivity index (χ2v) is 12.1. The van der Waals surface area contributed by atoms with E-state index >= 15 is 0 Å². The van der Waals surface area contributed by atoms with E-state index in [9.17, 15) is 8.60 Å². The average molecular weight is 463 g/mol. The van der Waals surface area contributed by atoms with Crippen LogP contribution in [-0.2, 0) is 26.1 Å². The van der Waals surface area contributed by atoms with Gasteiger partial charge in [-0.2, -0.15) is 0 Å². The number of hydrogen-bond acceptors (Lipinski definition) is 2. The highest BCUT2D eigenvalue weighted by Gasteiger charge is 2.29. The molecule has 2 aromatic carbocycles. The molecule has 4 aromatic rings. The first-order valence-corrected chi connectivity index (χ1v) is 13.1. The molecule has 0 bridgehead atoms. The van der Waals surface area contributed by atoms with Crippen LogP contribution in [0.2, 0.25) is 0 Å². The zero-order valence-corrected chi connectivity index (χ0v) is 19.5. The van der Waals surface area contributed by atoms with Crippen molar-refractivity contribution in [2.75, 3.05) is 5.75 Å². The van der Waals surface area contributed by atoms with Gasteiger partial charge in [0.05, 0.1) is 5.69 Å². The third kappa shape index (κ3) is 4.00. The predicted octanol–water partition coefficient (Wildman–Crippen LogP) is 6.24. The van der Waals surface area contributed by atoms with Crippen LogP contribution in [0, 0.1) is 11.2 Å². The van der Waals surface area contributed by atoms with Gasteiger partial charge in [-0.05, 0) is 88.7 Å². The van der Waals surface area contributed by atoms with E-state index in [1.165, 1.54) is 22.6 Å². The first-order valence-electron chi connectivity index (χ1n) is 10.5. The Morgan fingerprint density at radius 2 is 1.69 bits per heavy atom. The van der Waals surface area contributed by atoms with Gasteiger partial charge in [-0.15, -0.1) is 0 Å². The molecule has 0 amide bonds. The van der Waals surface area contributed by atoms with Gasteiger partial charge in [0.25, 0.3) is 0 Å². The fourth-order valence-electron chi connectivity index (χ4n) is 4.38. The average Bonchev–Trinajstić information content (AvgIpc) is 3.24. The molecule has 5 rings (SSSR count). The minimum absolute atomic E-state index is 0.114. The van der Waals surface area contributed by atoms with Crippen molar-refractivity contribution >= 4 is 19.7 Å². The number of halogens is 1. The highest BCUT2D eigenvalue weighted by atomic mass is 32.8. The third-order valence-electron chi connectivity index (χ3n) is 5.83. The summed E-state index contributed by atoms with van der Waals surface area (Å²) < 4.78 is 25.3. The summed E-state index contributed by atoms with van der Waals surface area (Å²) in [6, 6.07) is 19.1. The molecular formula is C26H23FN2OS2. The second-order valence-electron chi connectivity index (χ2n) is 8.94. The zero-order valence-electron chi connectivity index (χ0n) is 17.9. The van der Waals surface area contributed by atoms with E-state index < -0.39 is 0 Å². The minimum atomic E-state index is -0.313. The first-order chi connectivity index (χ1) is 15.4. The van der Waals surface area contributed by atoms with Gasteiger partial charge in [-0.25, -0.2) is 8.60 Å². The van der Waals surface area contributed by atoms with Crippen molar-refractivity contribution in [3.8, 4) is 33.6 Å². The summed E-state index contributed by atoms with van der Waals surface area (Å²) in [5.74, 6) is 0.673. The molecule has 32 heavy (non-hydrogen) atoms. The highest BCUT2D eigenvalue weighted by Crippen LogP contribution is 2.39. The maximum Gasteiger partial charge on any atom is 0.125 e. The number of nitrogens with zero attached hydrogens (tertiary/aromatic N) is 1. The number of nitrogens with one attached hydrogen (secondary N) is 1. The summed E-state index contributed by atoms with van der Waals surface area (Å²) in [6.45, 7) is 4.48. The molecule has 2 aromatic heterocycles. The van der Waals surface area contributed by atoms with Crippen molar-refractivity contribution in [3.63, 3.8) is 0 Å². The molecule has 0 saturated carbocycles. The summed E-state index contributed by atoms with van der Waals surface area (Å²) in [5.41, 5.74) is 7.41. The van der Waals surface area contributed by atoms with Gasteiger partial charge < -0.3 is 4.98 Å². The normalized spacial score (nSPS) is 17.0. The monoisotopic (exact) mass is 462 g/mol. The summed E-state index contributed by atoms with van der Waals surface area (Å²) in [6.07, 6.45) is 4.52. The maximum absolute atomic E-state index is 13.5. The Morgan fingerprint density at radius 1 is 0.969 bits per heavy atom. The Kier molecular flexibility index (Phi) is 5.43. The minimum Gasteiger partial charge on any atom is -0.354 e. The molecule has 1 unspecified atom stereocenters. The fraction of sp³-hybridized carbons (Fsp3) is 0.192. The summed E-state index contributed by atoms with van der Waals surface area (Å²) in [4.78, 5) is 8.91. The molecule has 3 heterocycles. The van der Waals surface area contributed by atoms with E-state index in [-0.39, 0.29) is 20.7 Å². The standard InChI is InChI=1S/C26H23FN2OS2/c1-26(2)15-20-13-19(5-8-24(20)32(16-26)31-30)23-14-22(17-9-11-28-12-10-17)25(29-23)18-3-6-21(27)7-4-18/h3-14,29H,15-16H2,1-2H3. The quantitative estimate of drug-likeness (QED) is 0.392. The number of aromatic nitrogens is 2. The van der Waals surface area contributed by atoms with Crippen molar-refractivity contribution in [3.05, 3.63) is 84.4 Å². The number of benzene rings is 2. The molecule has 0 aliphatic carbocycles. The van der Waals surface area contributed by atoms with Crippen LogP contribution in [0.5, 0.6) is 0 Å². The molecule has 1 N–H and O–H groups in total. The van der Waals surface area contributed by atoms with E-state index in [1.54, 1.807) is 24.5 Å². The van der Waals surface area contributed by atoms with Crippen molar-refractivity contribution in [2.45, 2.75) is 25.2 Å².